The lowest BCUT2D eigenvalue weighted by atomic mass is 10.0. The second-order valence-electron chi connectivity index (χ2n) is 4.72. The first-order valence-corrected chi connectivity index (χ1v) is 7.46. The summed E-state index contributed by atoms with van der Waals surface area (Å²) in [5.41, 5.74) is 0. The summed E-state index contributed by atoms with van der Waals surface area (Å²) < 4.78 is 18.7. The number of esters is 2. The van der Waals surface area contributed by atoms with Gasteiger partial charge in [-0.15, -0.1) is 0 Å². The van der Waals surface area contributed by atoms with Crippen LogP contribution in [0.1, 0.15) is 27.2 Å². The van der Waals surface area contributed by atoms with Gasteiger partial charge in [0.25, 0.3) is 3.79 Å². The average molecular weight is 377 g/mol. The van der Waals surface area contributed by atoms with Crippen LogP contribution in [0.15, 0.2) is 0 Å². The first kappa shape index (κ1) is 19.3. The highest BCUT2D eigenvalue weighted by Gasteiger charge is 2.45. The Morgan fingerprint density at radius 3 is 2.14 bits per heavy atom. The number of carbonyl (C=O) groups excluding carboxylic acids is 2. The maximum absolute atomic E-state index is 11.2. The zero-order chi connectivity index (χ0) is 17.1. The number of hydrogen-bond acceptors (Lipinski definition) is 7. The predicted octanol–water partition coefficient (Wildman–Crippen LogP) is 2.35. The molecule has 1 aliphatic heterocycles. The van der Waals surface area contributed by atoms with Crippen LogP contribution < -0.4 is 0 Å². The number of hydrogen-bond donors (Lipinski definition) is 1. The van der Waals surface area contributed by atoms with Crippen LogP contribution in [0, 0.1) is 5.41 Å². The van der Waals surface area contributed by atoms with Gasteiger partial charge in [-0.1, -0.05) is 34.8 Å². The molecule has 1 fully saturated rings. The van der Waals surface area contributed by atoms with Crippen molar-refractivity contribution in [3.63, 3.8) is 0 Å². The first-order chi connectivity index (χ1) is 10.0. The highest BCUT2D eigenvalue weighted by molar-refractivity contribution is 6.76. The Labute approximate surface area is 142 Å². The number of ether oxygens (including phenoxy) is 4. The van der Waals surface area contributed by atoms with Crippen LogP contribution in [-0.4, -0.2) is 46.2 Å². The summed E-state index contributed by atoms with van der Waals surface area (Å²) in [5, 5.41) is 7.58. The molecule has 1 N–H and O–H groups in total. The fraction of sp³-hybridized carbons (Fsp3) is 0.750. The van der Waals surface area contributed by atoms with Crippen LogP contribution in [-0.2, 0) is 28.5 Å². The van der Waals surface area contributed by atoms with Gasteiger partial charge in [-0.3, -0.25) is 15.0 Å². The molecular weight excluding hydrogens is 360 g/mol. The van der Waals surface area contributed by atoms with Gasteiger partial charge in [-0.05, 0) is 6.92 Å². The molecular formula is C12H16Cl3NO6. The van der Waals surface area contributed by atoms with E-state index >= 15 is 0 Å². The summed E-state index contributed by atoms with van der Waals surface area (Å²) in [6, 6.07) is 0. The lowest BCUT2D eigenvalue weighted by molar-refractivity contribution is -0.250. The molecule has 126 valence electrons. The van der Waals surface area contributed by atoms with Crippen molar-refractivity contribution in [2.45, 2.75) is 55.6 Å². The van der Waals surface area contributed by atoms with E-state index < -0.39 is 40.1 Å². The Hall–Kier alpha value is -0.760. The van der Waals surface area contributed by atoms with Gasteiger partial charge in [0.1, 0.15) is 6.10 Å². The minimum Gasteiger partial charge on any atom is -0.458 e. The molecule has 4 atom stereocenters. The van der Waals surface area contributed by atoms with Gasteiger partial charge in [-0.2, -0.15) is 0 Å². The van der Waals surface area contributed by atoms with E-state index in [1.165, 1.54) is 13.8 Å². The fourth-order valence-electron chi connectivity index (χ4n) is 1.93. The molecule has 1 saturated heterocycles. The van der Waals surface area contributed by atoms with Crippen molar-refractivity contribution in [3.05, 3.63) is 0 Å². The predicted molar refractivity (Wildman–Crippen MR) is 79.2 cm³/mol. The summed E-state index contributed by atoms with van der Waals surface area (Å²) in [6.07, 6.45) is -3.20. The molecule has 0 amide bonds. The molecule has 0 saturated carbocycles. The van der Waals surface area contributed by atoms with E-state index in [0.717, 1.165) is 0 Å². The van der Waals surface area contributed by atoms with Crippen molar-refractivity contribution in [1.29, 1.82) is 5.41 Å². The maximum atomic E-state index is 11.2. The Balaban J connectivity index is 2.95. The van der Waals surface area contributed by atoms with E-state index in [0.29, 0.717) is 6.42 Å². The minimum atomic E-state index is -2.10. The van der Waals surface area contributed by atoms with E-state index in [1.807, 2.05) is 0 Å². The van der Waals surface area contributed by atoms with Crippen LogP contribution >= 0.6 is 34.8 Å². The summed E-state index contributed by atoms with van der Waals surface area (Å²) in [6.45, 7) is 4.11. The van der Waals surface area contributed by atoms with Gasteiger partial charge in [0.2, 0.25) is 18.3 Å². The molecule has 1 aliphatic rings. The van der Waals surface area contributed by atoms with Crippen molar-refractivity contribution in [3.8, 4) is 0 Å². The van der Waals surface area contributed by atoms with Gasteiger partial charge in [0, 0.05) is 20.3 Å². The second-order valence-corrected chi connectivity index (χ2v) is 7.00. The standard InChI is InChI=1S/C12H16Cl3NO6/c1-5-4-8(20-6(2)17)9(21-7(3)18)10(19-5)22-11(16)12(13,14)15/h5,8-10,16H,4H2,1-3H3. The van der Waals surface area contributed by atoms with Crippen LogP contribution in [0.2, 0.25) is 0 Å². The Morgan fingerprint density at radius 1 is 1.14 bits per heavy atom. The monoisotopic (exact) mass is 375 g/mol. The van der Waals surface area contributed by atoms with Crippen LogP contribution in [0.5, 0.6) is 0 Å². The smallest absolute Gasteiger partial charge is 0.303 e. The molecule has 22 heavy (non-hydrogen) atoms. The van der Waals surface area contributed by atoms with E-state index in [2.05, 4.69) is 0 Å². The number of nitrogens with one attached hydrogen (secondary N) is 1. The molecule has 0 bridgehead atoms. The van der Waals surface area contributed by atoms with Crippen molar-refractivity contribution in [1.82, 2.24) is 0 Å². The zero-order valence-corrected chi connectivity index (χ0v) is 14.4. The molecule has 10 heteroatoms. The third kappa shape index (κ3) is 5.79. The molecule has 0 aromatic rings. The molecule has 1 rings (SSSR count). The summed E-state index contributed by atoms with van der Waals surface area (Å²) in [7, 11) is 0. The quantitative estimate of drug-likeness (QED) is 0.352. The van der Waals surface area contributed by atoms with Gasteiger partial charge < -0.3 is 18.9 Å². The number of halogens is 3. The molecule has 0 aromatic carbocycles. The van der Waals surface area contributed by atoms with Gasteiger partial charge in [-0.25, -0.2) is 0 Å². The molecule has 0 aliphatic carbocycles. The van der Waals surface area contributed by atoms with Crippen molar-refractivity contribution in [2.24, 2.45) is 0 Å². The topological polar surface area (TPSA) is 94.9 Å². The molecule has 0 spiro atoms. The van der Waals surface area contributed by atoms with E-state index in [4.69, 9.17) is 59.2 Å². The molecule has 4 unspecified atom stereocenters. The number of rotatable bonds is 3. The number of carbonyl (C=O) groups is 2. The summed E-state index contributed by atoms with van der Waals surface area (Å²) in [4.78, 5) is 22.4. The van der Waals surface area contributed by atoms with Crippen molar-refractivity contribution >= 4 is 52.6 Å². The van der Waals surface area contributed by atoms with Crippen LogP contribution in [0.4, 0.5) is 0 Å². The lowest BCUT2D eigenvalue weighted by Crippen LogP contribution is -2.53. The summed E-state index contributed by atoms with van der Waals surface area (Å²) >= 11 is 16.6. The van der Waals surface area contributed by atoms with Crippen LogP contribution in [0.3, 0.4) is 0 Å². The highest BCUT2D eigenvalue weighted by Crippen LogP contribution is 2.32. The van der Waals surface area contributed by atoms with Gasteiger partial charge >= 0.3 is 11.9 Å². The average Bonchev–Trinajstić information content (AvgIpc) is 2.30. The van der Waals surface area contributed by atoms with E-state index in [9.17, 15) is 9.59 Å². The third-order valence-electron chi connectivity index (χ3n) is 2.68. The molecule has 1 heterocycles. The van der Waals surface area contributed by atoms with Crippen molar-refractivity contribution < 1.29 is 28.5 Å². The van der Waals surface area contributed by atoms with Gasteiger partial charge in [0.15, 0.2) is 0 Å². The second kappa shape index (κ2) is 7.68. The Bertz CT molecular complexity index is 453. The molecule has 0 aromatic heterocycles. The lowest BCUT2D eigenvalue weighted by Gasteiger charge is -2.39. The molecule has 7 nitrogen and oxygen atoms in total. The Kier molecular flexibility index (Phi) is 6.73. The SMILES string of the molecule is CC(=O)OC1CC(C)OC(OC(=N)C(Cl)(Cl)Cl)C1OC(C)=O. The van der Waals surface area contributed by atoms with Gasteiger partial charge in [0.05, 0.1) is 6.10 Å². The fourth-order valence-corrected chi connectivity index (χ4v) is 2.06. The Morgan fingerprint density at radius 2 is 1.68 bits per heavy atom. The maximum Gasteiger partial charge on any atom is 0.303 e. The zero-order valence-electron chi connectivity index (χ0n) is 12.1. The van der Waals surface area contributed by atoms with Crippen LogP contribution in [0.25, 0.3) is 0 Å². The first-order valence-electron chi connectivity index (χ1n) is 6.33. The molecule has 0 radical (unpaired) electrons. The van der Waals surface area contributed by atoms with E-state index in [-0.39, 0.29) is 6.10 Å². The minimum absolute atomic E-state index is 0.290. The highest BCUT2D eigenvalue weighted by atomic mass is 35.6. The van der Waals surface area contributed by atoms with Crippen molar-refractivity contribution in [2.75, 3.05) is 0 Å². The number of alkyl halides is 3. The van der Waals surface area contributed by atoms with E-state index in [1.54, 1.807) is 6.92 Å². The summed E-state index contributed by atoms with van der Waals surface area (Å²) in [5.74, 6) is -1.88. The normalized spacial score (nSPS) is 28.6. The largest absolute Gasteiger partial charge is 0.458 e. The third-order valence-corrected chi connectivity index (χ3v) is 3.19.